The quantitative estimate of drug-likeness (QED) is 0.557. The maximum absolute atomic E-state index is 9.13. The average molecular weight is 141 g/mol. The Balaban J connectivity index is 2.08. The van der Waals surface area contributed by atoms with Crippen LogP contribution in [-0.4, -0.2) is 24.3 Å². The lowest BCUT2D eigenvalue weighted by molar-refractivity contribution is 0.0323. The van der Waals surface area contributed by atoms with Crippen LogP contribution >= 0.6 is 0 Å². The van der Waals surface area contributed by atoms with Gasteiger partial charge < -0.3 is 10.4 Å². The van der Waals surface area contributed by atoms with Crippen LogP contribution in [0.25, 0.3) is 0 Å². The van der Waals surface area contributed by atoms with Crippen molar-refractivity contribution in [2.24, 2.45) is 5.41 Å². The molecule has 3 rings (SSSR count). The van der Waals surface area contributed by atoms with E-state index in [-0.39, 0.29) is 5.41 Å². The van der Waals surface area contributed by atoms with Crippen LogP contribution in [0.4, 0.5) is 0 Å². The fourth-order valence-corrected chi connectivity index (χ4v) is 2.19. The Hall–Kier alpha value is -0.0800. The standard InChI is InChI=1S/C8H15NO/c10-6-8-3-1-7(2-4-8)9-5-8/h7,9-10H,1-6H2. The van der Waals surface area contributed by atoms with Crippen molar-refractivity contribution in [1.82, 2.24) is 5.32 Å². The van der Waals surface area contributed by atoms with Gasteiger partial charge in [-0.25, -0.2) is 0 Å². The first-order valence-electron chi connectivity index (χ1n) is 4.19. The van der Waals surface area contributed by atoms with E-state index < -0.39 is 0 Å². The number of rotatable bonds is 1. The van der Waals surface area contributed by atoms with Crippen molar-refractivity contribution in [3.63, 3.8) is 0 Å². The Kier molecular flexibility index (Phi) is 1.46. The molecular formula is C8H15NO. The highest BCUT2D eigenvalue weighted by atomic mass is 16.3. The van der Waals surface area contributed by atoms with Crippen LogP contribution < -0.4 is 5.32 Å². The number of aliphatic hydroxyl groups is 1. The fraction of sp³-hybridized carbons (Fsp3) is 1.00. The van der Waals surface area contributed by atoms with Crippen LogP contribution in [0.2, 0.25) is 0 Å². The van der Waals surface area contributed by atoms with E-state index in [0.717, 1.165) is 12.6 Å². The maximum Gasteiger partial charge on any atom is 0.0499 e. The van der Waals surface area contributed by atoms with Gasteiger partial charge in [0.05, 0.1) is 0 Å². The molecule has 3 fully saturated rings. The lowest BCUT2D eigenvalue weighted by atomic mass is 9.69. The molecule has 0 unspecified atom stereocenters. The molecule has 1 aliphatic carbocycles. The van der Waals surface area contributed by atoms with Crippen molar-refractivity contribution in [2.45, 2.75) is 31.7 Å². The molecule has 3 aliphatic rings. The summed E-state index contributed by atoms with van der Waals surface area (Å²) >= 11 is 0. The van der Waals surface area contributed by atoms with Gasteiger partial charge in [0.25, 0.3) is 0 Å². The predicted molar refractivity (Wildman–Crippen MR) is 39.8 cm³/mol. The molecule has 2 aliphatic heterocycles. The molecule has 0 amide bonds. The Morgan fingerprint density at radius 3 is 2.40 bits per heavy atom. The smallest absolute Gasteiger partial charge is 0.0499 e. The third-order valence-corrected chi connectivity index (χ3v) is 3.15. The molecule has 2 saturated heterocycles. The summed E-state index contributed by atoms with van der Waals surface area (Å²) in [6, 6.07) is 0.772. The van der Waals surface area contributed by atoms with Gasteiger partial charge in [0.2, 0.25) is 0 Å². The van der Waals surface area contributed by atoms with Crippen molar-refractivity contribution in [3.05, 3.63) is 0 Å². The summed E-state index contributed by atoms with van der Waals surface area (Å²) < 4.78 is 0. The highest BCUT2D eigenvalue weighted by Crippen LogP contribution is 2.39. The van der Waals surface area contributed by atoms with Crippen LogP contribution in [0.5, 0.6) is 0 Å². The fourth-order valence-electron chi connectivity index (χ4n) is 2.19. The maximum atomic E-state index is 9.13. The van der Waals surface area contributed by atoms with Crippen molar-refractivity contribution in [3.8, 4) is 0 Å². The van der Waals surface area contributed by atoms with E-state index in [1.54, 1.807) is 0 Å². The Morgan fingerprint density at radius 1 is 1.40 bits per heavy atom. The molecule has 2 nitrogen and oxygen atoms in total. The summed E-state index contributed by atoms with van der Waals surface area (Å²) in [6.07, 6.45) is 5.03. The van der Waals surface area contributed by atoms with E-state index in [9.17, 15) is 0 Å². The largest absolute Gasteiger partial charge is 0.396 e. The normalized spacial score (nSPS) is 45.9. The first kappa shape index (κ1) is 6.62. The number of aliphatic hydroxyl groups excluding tert-OH is 1. The molecule has 0 aromatic carbocycles. The lowest BCUT2D eigenvalue weighted by Crippen LogP contribution is -2.52. The van der Waals surface area contributed by atoms with E-state index in [4.69, 9.17) is 5.11 Å². The number of piperidine rings is 2. The first-order valence-corrected chi connectivity index (χ1v) is 4.19. The second kappa shape index (κ2) is 2.21. The number of hydrogen-bond acceptors (Lipinski definition) is 2. The second-order valence-corrected chi connectivity index (χ2v) is 3.81. The van der Waals surface area contributed by atoms with Gasteiger partial charge in [-0.1, -0.05) is 0 Å². The molecule has 2 heterocycles. The minimum Gasteiger partial charge on any atom is -0.396 e. The minimum absolute atomic E-state index is 0.273. The topological polar surface area (TPSA) is 32.3 Å². The molecule has 0 aromatic heterocycles. The average Bonchev–Trinajstić information content (AvgIpc) is 2.08. The Morgan fingerprint density at radius 2 is 2.10 bits per heavy atom. The van der Waals surface area contributed by atoms with Crippen LogP contribution in [0.15, 0.2) is 0 Å². The van der Waals surface area contributed by atoms with Crippen molar-refractivity contribution in [1.29, 1.82) is 0 Å². The molecule has 2 heteroatoms. The molecule has 2 bridgehead atoms. The van der Waals surface area contributed by atoms with Crippen molar-refractivity contribution >= 4 is 0 Å². The van der Waals surface area contributed by atoms with Crippen LogP contribution in [0.1, 0.15) is 25.7 Å². The third kappa shape index (κ3) is 0.867. The van der Waals surface area contributed by atoms with E-state index >= 15 is 0 Å². The van der Waals surface area contributed by atoms with Gasteiger partial charge in [-0.2, -0.15) is 0 Å². The summed E-state index contributed by atoms with van der Waals surface area (Å²) in [6.45, 7) is 1.43. The van der Waals surface area contributed by atoms with Crippen LogP contribution in [0, 0.1) is 5.41 Å². The minimum atomic E-state index is 0.273. The zero-order valence-electron chi connectivity index (χ0n) is 6.27. The molecule has 58 valence electrons. The molecular weight excluding hydrogens is 126 g/mol. The monoisotopic (exact) mass is 141 g/mol. The summed E-state index contributed by atoms with van der Waals surface area (Å²) in [4.78, 5) is 0. The molecule has 1 saturated carbocycles. The summed E-state index contributed by atoms with van der Waals surface area (Å²) in [7, 11) is 0. The van der Waals surface area contributed by atoms with Gasteiger partial charge in [-0.15, -0.1) is 0 Å². The van der Waals surface area contributed by atoms with Crippen LogP contribution in [-0.2, 0) is 0 Å². The van der Waals surface area contributed by atoms with Gasteiger partial charge in [0.15, 0.2) is 0 Å². The first-order chi connectivity index (χ1) is 4.85. The van der Waals surface area contributed by atoms with Gasteiger partial charge in [0.1, 0.15) is 0 Å². The highest BCUT2D eigenvalue weighted by molar-refractivity contribution is 4.95. The molecule has 0 aromatic rings. The second-order valence-electron chi connectivity index (χ2n) is 3.81. The molecule has 0 spiro atoms. The summed E-state index contributed by atoms with van der Waals surface area (Å²) in [5, 5.41) is 12.6. The van der Waals surface area contributed by atoms with E-state index in [0.29, 0.717) is 6.61 Å². The molecule has 10 heavy (non-hydrogen) atoms. The number of fused-ring (bicyclic) bond motifs is 3. The van der Waals surface area contributed by atoms with Gasteiger partial charge >= 0.3 is 0 Å². The summed E-state index contributed by atoms with van der Waals surface area (Å²) in [5.41, 5.74) is 0.273. The van der Waals surface area contributed by atoms with E-state index in [1.807, 2.05) is 0 Å². The SMILES string of the molecule is OCC12CCC(CC1)NC2. The van der Waals surface area contributed by atoms with Gasteiger partial charge in [-0.3, -0.25) is 0 Å². The molecule has 0 radical (unpaired) electrons. The summed E-state index contributed by atoms with van der Waals surface area (Å²) in [5.74, 6) is 0. The van der Waals surface area contributed by atoms with Crippen molar-refractivity contribution < 1.29 is 5.11 Å². The van der Waals surface area contributed by atoms with E-state index in [1.165, 1.54) is 25.7 Å². The van der Waals surface area contributed by atoms with Crippen LogP contribution in [0.3, 0.4) is 0 Å². The number of nitrogens with one attached hydrogen (secondary N) is 1. The third-order valence-electron chi connectivity index (χ3n) is 3.15. The van der Waals surface area contributed by atoms with Gasteiger partial charge in [0, 0.05) is 24.6 Å². The lowest BCUT2D eigenvalue weighted by Gasteiger charge is -2.46. The Labute approximate surface area is 61.6 Å². The Bertz CT molecular complexity index is 113. The highest BCUT2D eigenvalue weighted by Gasteiger charge is 2.39. The molecule has 0 atom stereocenters. The zero-order chi connectivity index (χ0) is 7.03. The number of hydrogen-bond donors (Lipinski definition) is 2. The predicted octanol–water partition coefficient (Wildman–Crippen LogP) is 0.511. The van der Waals surface area contributed by atoms with E-state index in [2.05, 4.69) is 5.32 Å². The van der Waals surface area contributed by atoms with Gasteiger partial charge in [-0.05, 0) is 25.7 Å². The zero-order valence-corrected chi connectivity index (χ0v) is 6.27. The molecule has 2 N–H and O–H groups in total. The van der Waals surface area contributed by atoms with Crippen molar-refractivity contribution in [2.75, 3.05) is 13.2 Å².